The molecule has 0 aliphatic carbocycles. The second-order valence-corrected chi connectivity index (χ2v) is 27.4. The number of likely N-dealkylation sites (N-methyl/N-ethyl adjacent to an activating group) is 7. The summed E-state index contributed by atoms with van der Waals surface area (Å²) in [5.74, 6) is -11.9. The predicted molar refractivity (Wildman–Crippen MR) is 349 cm³/mol. The minimum atomic E-state index is -1.70. The smallest absolute Gasteiger partial charge is 0.303 e. The zero-order valence-electron chi connectivity index (χ0n) is 60.0. The molecule has 12 atom stereocenters. The molecular weight excluding hydrogens is 1190 g/mol. The Morgan fingerprint density at radius 1 is 0.467 bits per heavy atom. The van der Waals surface area contributed by atoms with E-state index in [1.807, 2.05) is 55.4 Å². The largest absolute Gasteiger partial charge is 0.462 e. The molecule has 1 heterocycles. The van der Waals surface area contributed by atoms with Crippen molar-refractivity contribution in [1.82, 2.24) is 55.6 Å². The molecule has 0 aromatic carbocycles. The van der Waals surface area contributed by atoms with Crippen molar-refractivity contribution in [1.29, 1.82) is 0 Å². The van der Waals surface area contributed by atoms with Gasteiger partial charge in [-0.1, -0.05) is 109 Å². The molecule has 26 nitrogen and oxygen atoms in total. The molecule has 0 aromatic heterocycles. The third-order valence-electron chi connectivity index (χ3n) is 16.7. The summed E-state index contributed by atoms with van der Waals surface area (Å²) in [4.78, 5) is 195. The quantitative estimate of drug-likeness (QED) is 0.113. The Hall–Kier alpha value is -7.15. The molecule has 92 heavy (non-hydrogen) atoms. The van der Waals surface area contributed by atoms with Crippen molar-refractivity contribution in [2.75, 3.05) is 62.5 Å². The van der Waals surface area contributed by atoms with Crippen LogP contribution in [-0.4, -0.2) is 240 Å². The fourth-order valence-electron chi connectivity index (χ4n) is 11.2. The number of carbonyl (C=O) groups excluding carboxylic acids is 13. The van der Waals surface area contributed by atoms with Gasteiger partial charge in [-0.2, -0.15) is 0 Å². The van der Waals surface area contributed by atoms with Gasteiger partial charge < -0.3 is 65.0 Å². The molecule has 524 valence electrons. The van der Waals surface area contributed by atoms with Crippen LogP contribution in [-0.2, 0) is 71.8 Å². The Kier molecular flexibility index (Phi) is 34.3. The van der Waals surface area contributed by atoms with E-state index >= 15 is 19.2 Å². The van der Waals surface area contributed by atoms with E-state index in [0.717, 1.165) is 16.7 Å². The summed E-state index contributed by atoms with van der Waals surface area (Å²) in [7, 11) is 9.74. The summed E-state index contributed by atoms with van der Waals surface area (Å²) < 4.78 is 11.0. The van der Waals surface area contributed by atoms with Crippen LogP contribution in [0.25, 0.3) is 0 Å². The van der Waals surface area contributed by atoms with Gasteiger partial charge in [0.15, 0.2) is 0 Å². The Morgan fingerprint density at radius 2 is 0.902 bits per heavy atom. The van der Waals surface area contributed by atoms with Gasteiger partial charge in [0.05, 0.1) is 6.54 Å². The highest BCUT2D eigenvalue weighted by atomic mass is 16.5. The second-order valence-electron chi connectivity index (χ2n) is 27.4. The molecule has 0 spiro atoms. The van der Waals surface area contributed by atoms with Gasteiger partial charge in [-0.05, 0) is 93.8 Å². The van der Waals surface area contributed by atoms with E-state index < -0.39 is 168 Å². The van der Waals surface area contributed by atoms with Crippen LogP contribution >= 0.6 is 0 Å². The van der Waals surface area contributed by atoms with Crippen LogP contribution in [0.5, 0.6) is 0 Å². The standard InChI is InChI=1S/C66H115N11O15/c1-26-47-62(86)71(19)35-52(80)72(20)48(31-36(2)3)59(83)70-53(40(10)11)65(89)73(21)49(32-37(4)5)58(82)67-43(15)57(81)68-44(16)61(85)74(22)50(33-38(6)7)63(87)75(23)51(34-39(8)9)64(88)76(24)54(41(12)13)66(90)77(25)55(60(84)69-47)56(92-46(18)79)42(14)29-27-28-30-91-45(17)78/h27-28,36-44,47-51,53-56H,26,29-35H2,1-25H3,(H,67,82)(H,68,81)(H,69,84)(H,70,83)/b28-27+/t42-,43+,44-,47+,48+,49+,50+,51+,53+,54+,55+,56-/m1/s1. The summed E-state index contributed by atoms with van der Waals surface area (Å²) >= 11 is 0. The molecule has 0 bridgehead atoms. The summed E-state index contributed by atoms with van der Waals surface area (Å²) in [5.41, 5.74) is 0. The van der Waals surface area contributed by atoms with E-state index in [1.165, 1.54) is 94.6 Å². The van der Waals surface area contributed by atoms with Gasteiger partial charge in [0, 0.05) is 63.2 Å². The van der Waals surface area contributed by atoms with E-state index in [-0.39, 0.29) is 68.8 Å². The number of amides is 11. The SMILES string of the molecule is CC[C@@H]1NC(=O)[C@H]([C@H](OC(C)=O)[C@H](C)C/C=C/COC(C)=O)N(C)C(=O)[C@H](C(C)C)N(C)C(=O)[C@H](CC(C)C)N(C)C(=O)[C@H](CC(C)C)N(C)C(=O)[C@@H](C)NC(=O)[C@H](C)NC(=O)[C@H](CC(C)C)N(C)C(=O)[C@H](C(C)C)NC(=O)[C@H](CC(C)C)N(C)C(=O)CN(C)C1=O. The van der Waals surface area contributed by atoms with E-state index in [0.29, 0.717) is 0 Å². The fraction of sp³-hybridized carbons (Fsp3) is 0.773. The highest BCUT2D eigenvalue weighted by molar-refractivity contribution is 5.99. The molecule has 0 saturated carbocycles. The molecule has 0 aromatic rings. The lowest BCUT2D eigenvalue weighted by atomic mass is 9.91. The number of nitrogens with one attached hydrogen (secondary N) is 4. The molecule has 1 aliphatic heterocycles. The van der Waals surface area contributed by atoms with Gasteiger partial charge >= 0.3 is 11.9 Å². The van der Waals surface area contributed by atoms with Crippen LogP contribution in [0.1, 0.15) is 163 Å². The van der Waals surface area contributed by atoms with Crippen molar-refractivity contribution >= 4 is 76.9 Å². The number of rotatable bonds is 18. The summed E-state index contributed by atoms with van der Waals surface area (Å²) in [6.07, 6.45) is 2.35. The molecule has 11 amide bonds. The lowest BCUT2D eigenvalue weighted by molar-refractivity contribution is -0.164. The Labute approximate surface area is 548 Å². The molecule has 1 saturated heterocycles. The number of allylic oxidation sites excluding steroid dienone is 1. The summed E-state index contributed by atoms with van der Waals surface area (Å²) in [6.45, 7) is 29.4. The van der Waals surface area contributed by atoms with E-state index in [1.54, 1.807) is 53.7 Å². The lowest BCUT2D eigenvalue weighted by Crippen LogP contribution is -2.64. The van der Waals surface area contributed by atoms with Gasteiger partial charge in [-0.15, -0.1) is 0 Å². The number of hydrogen-bond acceptors (Lipinski definition) is 15. The highest BCUT2D eigenvalue weighted by Gasteiger charge is 2.47. The van der Waals surface area contributed by atoms with Crippen molar-refractivity contribution in [2.24, 2.45) is 41.4 Å². The molecule has 26 heteroatoms. The number of esters is 2. The summed E-state index contributed by atoms with van der Waals surface area (Å²) in [5, 5.41) is 11.0. The normalized spacial score (nSPS) is 25.6. The molecule has 1 fully saturated rings. The van der Waals surface area contributed by atoms with Gasteiger partial charge in [-0.25, -0.2) is 0 Å². The minimum Gasteiger partial charge on any atom is -0.462 e. The number of ether oxygens (including phenoxy) is 2. The zero-order valence-corrected chi connectivity index (χ0v) is 60.0. The van der Waals surface area contributed by atoms with E-state index in [9.17, 15) is 43.2 Å². The topological polar surface area (TPSA) is 311 Å². The van der Waals surface area contributed by atoms with Gasteiger partial charge in [0.2, 0.25) is 65.0 Å². The van der Waals surface area contributed by atoms with Gasteiger partial charge in [-0.3, -0.25) is 62.3 Å². The molecule has 0 unspecified atom stereocenters. The number of hydrogen-bond donors (Lipinski definition) is 4. The van der Waals surface area contributed by atoms with Gasteiger partial charge in [0.1, 0.15) is 73.1 Å². The number of nitrogens with zero attached hydrogens (tertiary/aromatic N) is 7. The second kappa shape index (κ2) is 38.1. The lowest BCUT2D eigenvalue weighted by Gasteiger charge is -2.42. The molecule has 0 radical (unpaired) electrons. The zero-order chi connectivity index (χ0) is 71.3. The van der Waals surface area contributed by atoms with Crippen molar-refractivity contribution in [3.63, 3.8) is 0 Å². The molecule has 4 N–H and O–H groups in total. The van der Waals surface area contributed by atoms with Crippen LogP contribution < -0.4 is 21.3 Å². The Morgan fingerprint density at radius 3 is 1.36 bits per heavy atom. The van der Waals surface area contributed by atoms with Crippen LogP contribution in [0.4, 0.5) is 0 Å². The molecule has 1 aliphatic rings. The molecular formula is C66H115N11O15. The van der Waals surface area contributed by atoms with Crippen molar-refractivity contribution in [2.45, 2.75) is 230 Å². The van der Waals surface area contributed by atoms with Crippen molar-refractivity contribution in [3.05, 3.63) is 12.2 Å². The maximum atomic E-state index is 15.5. The first kappa shape index (κ1) is 82.9. The first-order chi connectivity index (χ1) is 42.5. The monoisotopic (exact) mass is 1300 g/mol. The average molecular weight is 1300 g/mol. The van der Waals surface area contributed by atoms with Crippen LogP contribution in [0.15, 0.2) is 12.2 Å². The Balaban J connectivity index is 4.48. The van der Waals surface area contributed by atoms with Crippen molar-refractivity contribution < 1.29 is 71.8 Å². The van der Waals surface area contributed by atoms with Crippen LogP contribution in [0, 0.1) is 41.4 Å². The first-order valence-electron chi connectivity index (χ1n) is 32.5. The summed E-state index contributed by atoms with van der Waals surface area (Å²) in [6, 6.07) is -12.8. The third kappa shape index (κ3) is 24.4. The number of carbonyl (C=O) groups is 13. The first-order valence-corrected chi connectivity index (χ1v) is 32.5. The minimum absolute atomic E-state index is 0.0441. The highest BCUT2D eigenvalue weighted by Crippen LogP contribution is 2.27. The molecule has 1 rings (SSSR count). The average Bonchev–Trinajstić information content (AvgIpc) is 1.07. The van der Waals surface area contributed by atoms with Crippen molar-refractivity contribution in [3.8, 4) is 0 Å². The predicted octanol–water partition coefficient (Wildman–Crippen LogP) is 3.38. The van der Waals surface area contributed by atoms with Gasteiger partial charge in [0.25, 0.3) is 0 Å². The van der Waals surface area contributed by atoms with E-state index in [4.69, 9.17) is 9.47 Å². The fourth-order valence-corrected chi connectivity index (χ4v) is 11.2. The third-order valence-corrected chi connectivity index (χ3v) is 16.7. The maximum absolute atomic E-state index is 15.5. The van der Waals surface area contributed by atoms with E-state index in [2.05, 4.69) is 21.3 Å². The Bertz CT molecular complexity index is 2590. The van der Waals surface area contributed by atoms with Crippen LogP contribution in [0.2, 0.25) is 0 Å². The maximum Gasteiger partial charge on any atom is 0.303 e. The van der Waals surface area contributed by atoms with Crippen LogP contribution in [0.3, 0.4) is 0 Å².